The number of carboxylic acid groups (broad SMARTS) is 1. The zero-order chi connectivity index (χ0) is 14.4. The van der Waals surface area contributed by atoms with Gasteiger partial charge in [-0.1, -0.05) is 26.0 Å². The molecule has 0 radical (unpaired) electrons. The number of anilines is 1. The number of rotatable bonds is 5. The Balaban J connectivity index is 2.91. The molecule has 1 aromatic carbocycles. The fourth-order valence-electron chi connectivity index (χ4n) is 1.49. The lowest BCUT2D eigenvalue weighted by Crippen LogP contribution is -2.20. The molecule has 1 unspecified atom stereocenters. The number of hydrogen-bond donors (Lipinski definition) is 2. The van der Waals surface area contributed by atoms with Gasteiger partial charge in [-0.05, 0) is 36.6 Å². The number of benzene rings is 1. The smallest absolute Gasteiger partial charge is 0.328 e. The minimum absolute atomic E-state index is 0.0232. The lowest BCUT2D eigenvalue weighted by Gasteiger charge is -2.12. The van der Waals surface area contributed by atoms with Gasteiger partial charge in [0, 0.05) is 17.7 Å². The van der Waals surface area contributed by atoms with Gasteiger partial charge in [0.2, 0.25) is 5.91 Å². The zero-order valence-corrected chi connectivity index (χ0v) is 11.4. The molecule has 2 N–H and O–H groups in total. The van der Waals surface area contributed by atoms with Crippen LogP contribution in [0.25, 0.3) is 6.08 Å². The van der Waals surface area contributed by atoms with E-state index in [4.69, 9.17) is 5.11 Å². The van der Waals surface area contributed by atoms with Crippen molar-refractivity contribution in [3.8, 4) is 0 Å². The predicted octanol–water partition coefficient (Wildman–Crippen LogP) is 3.08. The minimum Gasteiger partial charge on any atom is -0.478 e. The Kier molecular flexibility index (Phi) is 5.30. The molecule has 0 heterocycles. The maximum absolute atomic E-state index is 11.8. The van der Waals surface area contributed by atoms with E-state index >= 15 is 0 Å². The van der Waals surface area contributed by atoms with E-state index in [2.05, 4.69) is 5.32 Å². The SMILES string of the molecule is CCC(C)C(=O)Nc1cc(C=CC(=O)O)ccc1C. The summed E-state index contributed by atoms with van der Waals surface area (Å²) in [6.45, 7) is 5.74. The summed E-state index contributed by atoms with van der Waals surface area (Å²) >= 11 is 0. The van der Waals surface area contributed by atoms with Gasteiger partial charge in [0.1, 0.15) is 0 Å². The van der Waals surface area contributed by atoms with Crippen LogP contribution in [0.4, 0.5) is 5.69 Å². The largest absolute Gasteiger partial charge is 0.478 e. The molecule has 4 heteroatoms. The van der Waals surface area contributed by atoms with Crippen molar-refractivity contribution in [2.24, 2.45) is 5.92 Å². The molecule has 0 bridgehead atoms. The van der Waals surface area contributed by atoms with Crippen LogP contribution in [0.5, 0.6) is 0 Å². The number of amides is 1. The van der Waals surface area contributed by atoms with Crippen LogP contribution >= 0.6 is 0 Å². The Morgan fingerprint density at radius 3 is 2.68 bits per heavy atom. The highest BCUT2D eigenvalue weighted by Crippen LogP contribution is 2.19. The van der Waals surface area contributed by atoms with Gasteiger partial charge in [-0.2, -0.15) is 0 Å². The molecule has 0 spiro atoms. The summed E-state index contributed by atoms with van der Waals surface area (Å²) in [5.74, 6) is -1.06. The van der Waals surface area contributed by atoms with Crippen LogP contribution in [0.15, 0.2) is 24.3 Å². The normalized spacial score (nSPS) is 12.4. The quantitative estimate of drug-likeness (QED) is 0.800. The molecule has 102 valence electrons. The van der Waals surface area contributed by atoms with Gasteiger partial charge in [0.05, 0.1) is 0 Å². The standard InChI is InChI=1S/C15H19NO3/c1-4-10(2)15(19)16-13-9-12(6-5-11(13)3)7-8-14(17)18/h5-10H,4H2,1-3H3,(H,16,19)(H,17,18). The van der Waals surface area contributed by atoms with Crippen LogP contribution in [-0.2, 0) is 9.59 Å². The highest BCUT2D eigenvalue weighted by atomic mass is 16.4. The maximum Gasteiger partial charge on any atom is 0.328 e. The zero-order valence-electron chi connectivity index (χ0n) is 11.4. The van der Waals surface area contributed by atoms with Crippen LogP contribution in [0.1, 0.15) is 31.4 Å². The van der Waals surface area contributed by atoms with Gasteiger partial charge in [-0.25, -0.2) is 4.79 Å². The van der Waals surface area contributed by atoms with E-state index in [1.807, 2.05) is 32.9 Å². The molecule has 0 saturated heterocycles. The second kappa shape index (κ2) is 6.73. The van der Waals surface area contributed by atoms with Gasteiger partial charge < -0.3 is 10.4 Å². The molecule has 0 aliphatic carbocycles. The lowest BCUT2D eigenvalue weighted by atomic mass is 10.1. The topological polar surface area (TPSA) is 66.4 Å². The van der Waals surface area contributed by atoms with Crippen molar-refractivity contribution in [1.82, 2.24) is 0 Å². The summed E-state index contributed by atoms with van der Waals surface area (Å²) in [6, 6.07) is 5.44. The Hall–Kier alpha value is -2.10. The fraction of sp³-hybridized carbons (Fsp3) is 0.333. The van der Waals surface area contributed by atoms with Crippen LogP contribution in [-0.4, -0.2) is 17.0 Å². The van der Waals surface area contributed by atoms with Crippen LogP contribution < -0.4 is 5.32 Å². The second-order valence-electron chi connectivity index (χ2n) is 4.54. The van der Waals surface area contributed by atoms with Gasteiger partial charge in [-0.3, -0.25) is 4.79 Å². The first-order chi connectivity index (χ1) is 8.93. The van der Waals surface area contributed by atoms with Crippen molar-refractivity contribution in [1.29, 1.82) is 0 Å². The van der Waals surface area contributed by atoms with Crippen molar-refractivity contribution < 1.29 is 14.7 Å². The van der Waals surface area contributed by atoms with Crippen molar-refractivity contribution >= 4 is 23.6 Å². The minimum atomic E-state index is -0.995. The number of aryl methyl sites for hydroxylation is 1. The molecule has 1 rings (SSSR count). The molecule has 0 aliphatic rings. The molecule has 0 saturated carbocycles. The Bertz CT molecular complexity index is 506. The second-order valence-corrected chi connectivity index (χ2v) is 4.54. The molecular weight excluding hydrogens is 242 g/mol. The summed E-state index contributed by atoms with van der Waals surface area (Å²) < 4.78 is 0. The first kappa shape index (κ1) is 15.0. The average molecular weight is 261 g/mol. The molecule has 19 heavy (non-hydrogen) atoms. The molecule has 1 aromatic rings. The van der Waals surface area contributed by atoms with Crippen molar-refractivity contribution in [2.75, 3.05) is 5.32 Å². The summed E-state index contributed by atoms with van der Waals surface area (Å²) in [4.78, 5) is 22.3. The van der Waals surface area contributed by atoms with Gasteiger partial charge in [0.25, 0.3) is 0 Å². The monoisotopic (exact) mass is 261 g/mol. The number of carbonyl (C=O) groups excluding carboxylic acids is 1. The lowest BCUT2D eigenvalue weighted by molar-refractivity contribution is -0.131. The third-order valence-electron chi connectivity index (χ3n) is 3.00. The van der Waals surface area contributed by atoms with Crippen LogP contribution in [0.2, 0.25) is 0 Å². The molecule has 0 aromatic heterocycles. The highest BCUT2D eigenvalue weighted by Gasteiger charge is 2.11. The first-order valence-electron chi connectivity index (χ1n) is 6.26. The van der Waals surface area contributed by atoms with Crippen LogP contribution in [0, 0.1) is 12.8 Å². The molecule has 0 aliphatic heterocycles. The Morgan fingerprint density at radius 2 is 2.11 bits per heavy atom. The molecule has 1 amide bonds. The number of hydrogen-bond acceptors (Lipinski definition) is 2. The van der Waals surface area contributed by atoms with E-state index in [1.165, 1.54) is 6.08 Å². The number of carboxylic acids is 1. The summed E-state index contributed by atoms with van der Waals surface area (Å²) in [7, 11) is 0. The molecule has 1 atom stereocenters. The fourth-order valence-corrected chi connectivity index (χ4v) is 1.49. The van der Waals surface area contributed by atoms with Gasteiger partial charge >= 0.3 is 5.97 Å². The molecular formula is C15H19NO3. The molecule has 4 nitrogen and oxygen atoms in total. The summed E-state index contributed by atoms with van der Waals surface area (Å²) in [6.07, 6.45) is 3.36. The van der Waals surface area contributed by atoms with E-state index in [-0.39, 0.29) is 11.8 Å². The molecule has 0 fully saturated rings. The Labute approximate surface area is 113 Å². The van der Waals surface area contributed by atoms with E-state index in [9.17, 15) is 9.59 Å². The van der Waals surface area contributed by atoms with Crippen LogP contribution in [0.3, 0.4) is 0 Å². The maximum atomic E-state index is 11.8. The third kappa shape index (κ3) is 4.58. The van der Waals surface area contributed by atoms with E-state index in [0.717, 1.165) is 29.3 Å². The van der Waals surface area contributed by atoms with E-state index in [1.54, 1.807) is 6.07 Å². The summed E-state index contributed by atoms with van der Waals surface area (Å²) in [5.41, 5.74) is 2.41. The highest BCUT2D eigenvalue weighted by molar-refractivity contribution is 5.93. The van der Waals surface area contributed by atoms with E-state index < -0.39 is 5.97 Å². The summed E-state index contributed by atoms with van der Waals surface area (Å²) in [5, 5.41) is 11.5. The van der Waals surface area contributed by atoms with E-state index in [0.29, 0.717) is 0 Å². The van der Waals surface area contributed by atoms with Gasteiger partial charge in [-0.15, -0.1) is 0 Å². The van der Waals surface area contributed by atoms with Gasteiger partial charge in [0.15, 0.2) is 0 Å². The third-order valence-corrected chi connectivity index (χ3v) is 3.00. The average Bonchev–Trinajstić information content (AvgIpc) is 2.38. The number of nitrogens with one attached hydrogen (secondary N) is 1. The first-order valence-corrected chi connectivity index (χ1v) is 6.26. The number of carbonyl (C=O) groups is 2. The van der Waals surface area contributed by atoms with Crippen molar-refractivity contribution in [3.05, 3.63) is 35.4 Å². The van der Waals surface area contributed by atoms with Crippen molar-refractivity contribution in [3.63, 3.8) is 0 Å². The predicted molar refractivity (Wildman–Crippen MR) is 75.9 cm³/mol. The number of aliphatic carboxylic acids is 1. The van der Waals surface area contributed by atoms with Crippen molar-refractivity contribution in [2.45, 2.75) is 27.2 Å². The Morgan fingerprint density at radius 1 is 1.42 bits per heavy atom.